The van der Waals surface area contributed by atoms with Gasteiger partial charge in [0.1, 0.15) is 17.5 Å². The average Bonchev–Trinajstić information content (AvgIpc) is 3.73. The van der Waals surface area contributed by atoms with Crippen molar-refractivity contribution in [1.29, 1.82) is 0 Å². The van der Waals surface area contributed by atoms with Crippen molar-refractivity contribution in [3.63, 3.8) is 0 Å². The Morgan fingerprint density at radius 2 is 1.75 bits per heavy atom. The summed E-state index contributed by atoms with van der Waals surface area (Å²) in [4.78, 5) is 25.5. The van der Waals surface area contributed by atoms with Crippen molar-refractivity contribution in [2.75, 3.05) is 27.4 Å². The van der Waals surface area contributed by atoms with Crippen LogP contribution in [0.25, 0.3) is 22.4 Å². The van der Waals surface area contributed by atoms with Gasteiger partial charge in [0.05, 0.1) is 43.7 Å². The van der Waals surface area contributed by atoms with Gasteiger partial charge in [-0.2, -0.15) is 4.98 Å². The molecular weight excluding hydrogens is 634 g/mol. The molecule has 12 heteroatoms. The summed E-state index contributed by atoms with van der Waals surface area (Å²) >= 11 is 7.13. The Morgan fingerprint density at radius 3 is 2.46 bits per heavy atom. The SMILES string of the molecule is COc1nc(O[C@H]2CCc3c(-c4cccc(-c5ccc(C6=NC[C@@H](C)N6)c(OC)n5)c4Cl)cccc32)ccc1CNC(C)(CO)C(=O)O. The maximum absolute atomic E-state index is 11.6. The fourth-order valence-corrected chi connectivity index (χ4v) is 6.36. The molecule has 11 nitrogen and oxygen atoms in total. The van der Waals surface area contributed by atoms with E-state index in [9.17, 15) is 15.0 Å². The zero-order chi connectivity index (χ0) is 34.0. The van der Waals surface area contributed by atoms with Crippen molar-refractivity contribution in [2.45, 2.75) is 50.9 Å². The molecule has 0 amide bonds. The van der Waals surface area contributed by atoms with Crippen molar-refractivity contribution in [2.24, 2.45) is 4.99 Å². The Labute approximate surface area is 284 Å². The third-order valence-electron chi connectivity index (χ3n) is 8.82. The molecule has 3 atom stereocenters. The van der Waals surface area contributed by atoms with Gasteiger partial charge in [-0.25, -0.2) is 4.98 Å². The predicted octanol–water partition coefficient (Wildman–Crippen LogP) is 5.21. The second-order valence-corrected chi connectivity index (χ2v) is 12.5. The Kier molecular flexibility index (Phi) is 9.54. The lowest BCUT2D eigenvalue weighted by molar-refractivity contribution is -0.145. The van der Waals surface area contributed by atoms with Crippen LogP contribution >= 0.6 is 11.6 Å². The number of hydrogen-bond acceptors (Lipinski definition) is 10. The average molecular weight is 672 g/mol. The van der Waals surface area contributed by atoms with Crippen molar-refractivity contribution in [1.82, 2.24) is 20.6 Å². The van der Waals surface area contributed by atoms with Crippen LogP contribution in [0.4, 0.5) is 0 Å². The maximum atomic E-state index is 11.6. The van der Waals surface area contributed by atoms with Crippen LogP contribution in [0.3, 0.4) is 0 Å². The summed E-state index contributed by atoms with van der Waals surface area (Å²) in [6, 6.07) is 19.8. The minimum Gasteiger partial charge on any atom is -0.481 e. The largest absolute Gasteiger partial charge is 0.481 e. The highest BCUT2D eigenvalue weighted by atomic mass is 35.5. The Bertz CT molecular complexity index is 1880. The summed E-state index contributed by atoms with van der Waals surface area (Å²) in [6.07, 6.45) is 1.31. The number of carbonyl (C=O) groups is 1. The molecule has 0 fully saturated rings. The molecule has 0 saturated heterocycles. The zero-order valence-electron chi connectivity index (χ0n) is 27.2. The van der Waals surface area contributed by atoms with E-state index in [2.05, 4.69) is 39.7 Å². The van der Waals surface area contributed by atoms with Gasteiger partial charge in [0, 0.05) is 35.3 Å². The number of aliphatic carboxylic acids is 1. The number of fused-ring (bicyclic) bond motifs is 1. The third-order valence-corrected chi connectivity index (χ3v) is 9.23. The maximum Gasteiger partial charge on any atom is 0.326 e. The number of nitrogens with zero attached hydrogens (tertiary/aromatic N) is 3. The van der Waals surface area contributed by atoms with E-state index in [0.29, 0.717) is 40.5 Å². The molecular formula is C36H38ClN5O6. The molecule has 2 aliphatic rings. The molecule has 3 heterocycles. The molecule has 1 unspecified atom stereocenters. The van der Waals surface area contributed by atoms with E-state index in [-0.39, 0.29) is 18.7 Å². The minimum absolute atomic E-state index is 0.132. The number of halogens is 1. The Balaban J connectivity index is 1.24. The van der Waals surface area contributed by atoms with E-state index < -0.39 is 18.1 Å². The summed E-state index contributed by atoms with van der Waals surface area (Å²) in [5.41, 5.74) is 5.60. The van der Waals surface area contributed by atoms with Crippen molar-refractivity contribution >= 4 is 23.4 Å². The second kappa shape index (κ2) is 13.8. The third kappa shape index (κ3) is 6.41. The van der Waals surface area contributed by atoms with Crippen LogP contribution < -0.4 is 24.8 Å². The lowest BCUT2D eigenvalue weighted by atomic mass is 9.94. The monoisotopic (exact) mass is 671 g/mol. The topological polar surface area (TPSA) is 147 Å². The van der Waals surface area contributed by atoms with E-state index in [1.54, 1.807) is 19.2 Å². The van der Waals surface area contributed by atoms with E-state index in [1.807, 2.05) is 36.4 Å². The summed E-state index contributed by atoms with van der Waals surface area (Å²) in [5, 5.41) is 25.8. The number of rotatable bonds is 12. The highest BCUT2D eigenvalue weighted by Gasteiger charge is 2.32. The predicted molar refractivity (Wildman–Crippen MR) is 183 cm³/mol. The lowest BCUT2D eigenvalue weighted by Gasteiger charge is -2.24. The van der Waals surface area contributed by atoms with Gasteiger partial charge in [0.25, 0.3) is 0 Å². The standard InChI is InChI=1S/C36H38ClN5O6/c1-20-17-38-32(40-20)27-12-14-28(41-34(27)47-4)26-10-6-9-25(31(26)37)22-7-5-8-24-23(22)13-15-29(24)48-30-16-11-21(33(42-30)46-3)18-39-36(2,19-43)35(44)45/h5-12,14,16,20,29,39,43H,13,15,17-19H2,1-4H3,(H,38,40)(H,44,45)/t20-,29+,36?/m1/s1. The van der Waals surface area contributed by atoms with Gasteiger partial charge >= 0.3 is 5.97 Å². The van der Waals surface area contributed by atoms with E-state index in [4.69, 9.17) is 30.8 Å². The Hall–Kier alpha value is -4.71. The number of aliphatic imine (C=N–C) groups is 1. The van der Waals surface area contributed by atoms with Crippen LogP contribution in [-0.4, -0.2) is 70.9 Å². The molecule has 1 aliphatic carbocycles. The molecule has 250 valence electrons. The minimum atomic E-state index is -1.50. The number of pyridine rings is 2. The van der Waals surface area contributed by atoms with Gasteiger partial charge in [-0.15, -0.1) is 0 Å². The number of nitrogens with one attached hydrogen (secondary N) is 2. The molecule has 0 bridgehead atoms. The van der Waals surface area contributed by atoms with Gasteiger partial charge in [-0.1, -0.05) is 48.0 Å². The van der Waals surface area contributed by atoms with Crippen LogP contribution in [-0.2, 0) is 17.8 Å². The fourth-order valence-electron chi connectivity index (χ4n) is 6.04. The number of benzene rings is 2. The van der Waals surface area contributed by atoms with Gasteiger partial charge in [-0.3, -0.25) is 15.1 Å². The summed E-state index contributed by atoms with van der Waals surface area (Å²) in [7, 11) is 3.10. The molecule has 4 aromatic rings. The quantitative estimate of drug-likeness (QED) is 0.158. The highest BCUT2D eigenvalue weighted by molar-refractivity contribution is 6.36. The first-order valence-corrected chi connectivity index (χ1v) is 16.1. The van der Waals surface area contributed by atoms with Crippen LogP contribution in [0, 0.1) is 0 Å². The number of aromatic nitrogens is 2. The first-order chi connectivity index (χ1) is 23.1. The van der Waals surface area contributed by atoms with E-state index >= 15 is 0 Å². The van der Waals surface area contributed by atoms with Crippen LogP contribution in [0.15, 0.2) is 65.7 Å². The lowest BCUT2D eigenvalue weighted by Crippen LogP contribution is -2.52. The number of amidine groups is 1. The fraction of sp³-hybridized carbons (Fsp3) is 0.333. The Morgan fingerprint density at radius 1 is 1.00 bits per heavy atom. The normalized spacial score (nSPS) is 18.0. The molecule has 0 radical (unpaired) electrons. The number of carboxylic acids is 1. The summed E-state index contributed by atoms with van der Waals surface area (Å²) in [5.74, 6) is 0.795. The number of ether oxygens (including phenoxy) is 3. The summed E-state index contributed by atoms with van der Waals surface area (Å²) < 4.78 is 17.5. The molecule has 48 heavy (non-hydrogen) atoms. The molecule has 0 spiro atoms. The van der Waals surface area contributed by atoms with E-state index in [0.717, 1.165) is 52.1 Å². The smallest absolute Gasteiger partial charge is 0.326 e. The second-order valence-electron chi connectivity index (χ2n) is 12.1. The van der Waals surface area contributed by atoms with Crippen molar-refractivity contribution < 1.29 is 29.2 Å². The first-order valence-electron chi connectivity index (χ1n) is 15.7. The number of hydrogen-bond donors (Lipinski definition) is 4. The van der Waals surface area contributed by atoms with Crippen molar-refractivity contribution in [3.8, 4) is 40.0 Å². The zero-order valence-corrected chi connectivity index (χ0v) is 28.0. The number of aliphatic hydroxyl groups excluding tert-OH is 1. The number of methoxy groups -OCH3 is 2. The van der Waals surface area contributed by atoms with Gasteiger partial charge < -0.3 is 29.7 Å². The number of carboxylic acid groups (broad SMARTS) is 1. The van der Waals surface area contributed by atoms with Crippen LogP contribution in [0.2, 0.25) is 5.02 Å². The van der Waals surface area contributed by atoms with E-state index in [1.165, 1.54) is 14.0 Å². The van der Waals surface area contributed by atoms with Gasteiger partial charge in [-0.05, 0) is 61.6 Å². The molecule has 0 saturated carbocycles. The summed E-state index contributed by atoms with van der Waals surface area (Å²) in [6.45, 7) is 3.77. The molecule has 1 aliphatic heterocycles. The highest BCUT2D eigenvalue weighted by Crippen LogP contribution is 2.44. The molecule has 6 rings (SSSR count). The number of aliphatic hydroxyl groups is 1. The van der Waals surface area contributed by atoms with Gasteiger partial charge in [0.2, 0.25) is 17.6 Å². The van der Waals surface area contributed by atoms with Gasteiger partial charge in [0.15, 0.2) is 0 Å². The van der Waals surface area contributed by atoms with Crippen LogP contribution in [0.1, 0.15) is 48.6 Å². The first kappa shape index (κ1) is 33.2. The molecule has 2 aromatic heterocycles. The van der Waals surface area contributed by atoms with Crippen molar-refractivity contribution in [3.05, 3.63) is 87.9 Å². The molecule has 2 aromatic carbocycles. The van der Waals surface area contributed by atoms with Crippen LogP contribution in [0.5, 0.6) is 17.6 Å². The molecule has 4 N–H and O–H groups in total.